The van der Waals surface area contributed by atoms with Gasteiger partial charge in [-0.05, 0) is 46.3 Å². The van der Waals surface area contributed by atoms with Crippen molar-refractivity contribution in [3.8, 4) is 0 Å². The predicted octanol–water partition coefficient (Wildman–Crippen LogP) is 3.85. The number of hydrogen-bond donors (Lipinski definition) is 3. The molecule has 0 aliphatic heterocycles. The predicted molar refractivity (Wildman–Crippen MR) is 96.6 cm³/mol. The van der Waals surface area contributed by atoms with E-state index in [4.69, 9.17) is 0 Å². The first-order chi connectivity index (χ1) is 11.1. The first kappa shape index (κ1) is 17.0. The SMILES string of the molecule is CCC(=O)Nc1cccc(NCC(=O)Nc2ccccc2Br)c1. The molecule has 3 N–H and O–H groups in total. The quantitative estimate of drug-likeness (QED) is 0.717. The van der Waals surface area contributed by atoms with Crippen molar-refractivity contribution in [1.82, 2.24) is 0 Å². The van der Waals surface area contributed by atoms with Crippen LogP contribution in [-0.4, -0.2) is 18.4 Å². The summed E-state index contributed by atoms with van der Waals surface area (Å²) in [6.07, 6.45) is 0.423. The second-order valence-electron chi connectivity index (χ2n) is 4.86. The Morgan fingerprint density at radius 3 is 2.43 bits per heavy atom. The van der Waals surface area contributed by atoms with Crippen LogP contribution in [0.1, 0.15) is 13.3 Å². The molecule has 2 aromatic carbocycles. The molecule has 0 saturated heterocycles. The average Bonchev–Trinajstić information content (AvgIpc) is 2.55. The number of halogens is 1. The largest absolute Gasteiger partial charge is 0.376 e. The molecule has 0 fully saturated rings. The summed E-state index contributed by atoms with van der Waals surface area (Å²) < 4.78 is 0.831. The first-order valence-corrected chi connectivity index (χ1v) is 8.06. The third-order valence-corrected chi connectivity index (χ3v) is 3.76. The highest BCUT2D eigenvalue weighted by molar-refractivity contribution is 9.10. The molecule has 5 nitrogen and oxygen atoms in total. The molecule has 0 bridgehead atoms. The molecule has 0 unspecified atom stereocenters. The highest BCUT2D eigenvalue weighted by atomic mass is 79.9. The van der Waals surface area contributed by atoms with Crippen LogP contribution in [0.15, 0.2) is 53.0 Å². The Bertz CT molecular complexity index is 704. The maximum atomic E-state index is 12.0. The van der Waals surface area contributed by atoms with Gasteiger partial charge in [0, 0.05) is 22.3 Å². The van der Waals surface area contributed by atoms with Gasteiger partial charge in [0.1, 0.15) is 0 Å². The van der Waals surface area contributed by atoms with E-state index in [-0.39, 0.29) is 18.4 Å². The zero-order valence-corrected chi connectivity index (χ0v) is 14.3. The summed E-state index contributed by atoms with van der Waals surface area (Å²) in [4.78, 5) is 23.4. The number of amides is 2. The van der Waals surface area contributed by atoms with Gasteiger partial charge in [0.05, 0.1) is 12.2 Å². The molecule has 120 valence electrons. The number of rotatable bonds is 6. The Morgan fingerprint density at radius 2 is 1.70 bits per heavy atom. The van der Waals surface area contributed by atoms with Crippen LogP contribution in [0.3, 0.4) is 0 Å². The van der Waals surface area contributed by atoms with Crippen molar-refractivity contribution >= 4 is 44.8 Å². The Morgan fingerprint density at radius 1 is 0.957 bits per heavy atom. The van der Waals surface area contributed by atoms with Crippen molar-refractivity contribution in [3.05, 3.63) is 53.0 Å². The third kappa shape index (κ3) is 5.41. The summed E-state index contributed by atoms with van der Waals surface area (Å²) in [7, 11) is 0. The normalized spacial score (nSPS) is 10.0. The van der Waals surface area contributed by atoms with Gasteiger partial charge in [-0.2, -0.15) is 0 Å². The number of hydrogen-bond acceptors (Lipinski definition) is 3. The lowest BCUT2D eigenvalue weighted by molar-refractivity contribution is -0.116. The number of nitrogens with one attached hydrogen (secondary N) is 3. The molecule has 0 heterocycles. The number of carbonyl (C=O) groups excluding carboxylic acids is 2. The van der Waals surface area contributed by atoms with E-state index in [1.54, 1.807) is 19.1 Å². The number of para-hydroxylation sites is 1. The van der Waals surface area contributed by atoms with Crippen LogP contribution >= 0.6 is 15.9 Å². The highest BCUT2D eigenvalue weighted by Crippen LogP contribution is 2.21. The molecule has 0 atom stereocenters. The molecule has 0 spiro atoms. The summed E-state index contributed by atoms with van der Waals surface area (Å²) >= 11 is 3.38. The monoisotopic (exact) mass is 375 g/mol. The summed E-state index contributed by atoms with van der Waals surface area (Å²) in [6, 6.07) is 14.7. The highest BCUT2D eigenvalue weighted by Gasteiger charge is 2.05. The van der Waals surface area contributed by atoms with Gasteiger partial charge in [-0.1, -0.05) is 25.1 Å². The van der Waals surface area contributed by atoms with E-state index in [1.807, 2.05) is 36.4 Å². The zero-order valence-electron chi connectivity index (χ0n) is 12.7. The minimum absolute atomic E-state index is 0.0474. The van der Waals surface area contributed by atoms with Gasteiger partial charge >= 0.3 is 0 Å². The van der Waals surface area contributed by atoms with Crippen molar-refractivity contribution in [2.24, 2.45) is 0 Å². The molecule has 2 rings (SSSR count). The third-order valence-electron chi connectivity index (χ3n) is 3.07. The lowest BCUT2D eigenvalue weighted by Crippen LogP contribution is -2.22. The summed E-state index contributed by atoms with van der Waals surface area (Å²) in [5.41, 5.74) is 2.19. The molecule has 0 saturated carbocycles. The van der Waals surface area contributed by atoms with Crippen molar-refractivity contribution in [2.45, 2.75) is 13.3 Å². The maximum Gasteiger partial charge on any atom is 0.243 e. The lowest BCUT2D eigenvalue weighted by Gasteiger charge is -2.10. The molecule has 2 aromatic rings. The van der Waals surface area contributed by atoms with E-state index >= 15 is 0 Å². The topological polar surface area (TPSA) is 70.2 Å². The molecule has 23 heavy (non-hydrogen) atoms. The van der Waals surface area contributed by atoms with Crippen LogP contribution in [0, 0.1) is 0 Å². The molecule has 0 aliphatic carbocycles. The van der Waals surface area contributed by atoms with Crippen LogP contribution in [0.2, 0.25) is 0 Å². The van der Waals surface area contributed by atoms with Gasteiger partial charge < -0.3 is 16.0 Å². The first-order valence-electron chi connectivity index (χ1n) is 7.26. The zero-order chi connectivity index (χ0) is 16.7. The molecule has 0 radical (unpaired) electrons. The molecule has 6 heteroatoms. The van der Waals surface area contributed by atoms with E-state index in [0.717, 1.165) is 15.8 Å². The second-order valence-corrected chi connectivity index (χ2v) is 5.72. The fourth-order valence-corrected chi connectivity index (χ4v) is 2.28. The number of anilines is 3. The van der Waals surface area contributed by atoms with Gasteiger partial charge in [0.25, 0.3) is 0 Å². The van der Waals surface area contributed by atoms with Crippen LogP contribution in [-0.2, 0) is 9.59 Å². The van der Waals surface area contributed by atoms with Crippen LogP contribution < -0.4 is 16.0 Å². The van der Waals surface area contributed by atoms with E-state index in [2.05, 4.69) is 31.9 Å². The Kier molecular flexibility index (Phi) is 6.17. The Hall–Kier alpha value is -2.34. The lowest BCUT2D eigenvalue weighted by atomic mass is 10.2. The number of benzene rings is 2. The number of carbonyl (C=O) groups is 2. The van der Waals surface area contributed by atoms with Gasteiger partial charge in [-0.3, -0.25) is 9.59 Å². The summed E-state index contributed by atoms with van der Waals surface area (Å²) in [6.45, 7) is 1.93. The smallest absolute Gasteiger partial charge is 0.243 e. The minimum atomic E-state index is -0.153. The summed E-state index contributed by atoms with van der Waals surface area (Å²) in [5, 5.41) is 8.64. The van der Waals surface area contributed by atoms with E-state index < -0.39 is 0 Å². The van der Waals surface area contributed by atoms with Gasteiger partial charge in [-0.25, -0.2) is 0 Å². The van der Waals surface area contributed by atoms with Crippen molar-refractivity contribution < 1.29 is 9.59 Å². The van der Waals surface area contributed by atoms with Gasteiger partial charge in [-0.15, -0.1) is 0 Å². The average molecular weight is 376 g/mol. The van der Waals surface area contributed by atoms with Gasteiger partial charge in [0.2, 0.25) is 11.8 Å². The molecule has 0 aromatic heterocycles. The second kappa shape index (κ2) is 8.33. The van der Waals surface area contributed by atoms with Gasteiger partial charge in [0.15, 0.2) is 0 Å². The van der Waals surface area contributed by atoms with Crippen LogP contribution in [0.4, 0.5) is 17.1 Å². The van der Waals surface area contributed by atoms with E-state index in [9.17, 15) is 9.59 Å². The van der Waals surface area contributed by atoms with Crippen LogP contribution in [0.5, 0.6) is 0 Å². The molecule has 2 amide bonds. The Balaban J connectivity index is 1.90. The van der Waals surface area contributed by atoms with Crippen molar-refractivity contribution in [2.75, 3.05) is 22.5 Å². The van der Waals surface area contributed by atoms with Crippen molar-refractivity contribution in [1.29, 1.82) is 0 Å². The fraction of sp³-hybridized carbons (Fsp3) is 0.176. The minimum Gasteiger partial charge on any atom is -0.376 e. The van der Waals surface area contributed by atoms with E-state index in [1.165, 1.54) is 0 Å². The molecule has 0 aliphatic rings. The molecular weight excluding hydrogens is 358 g/mol. The van der Waals surface area contributed by atoms with Crippen LogP contribution in [0.25, 0.3) is 0 Å². The maximum absolute atomic E-state index is 12.0. The standard InChI is InChI=1S/C17H18BrN3O2/c1-2-16(22)20-13-7-5-6-12(10-13)19-11-17(23)21-15-9-4-3-8-14(15)18/h3-10,19H,2,11H2,1H3,(H,20,22)(H,21,23). The van der Waals surface area contributed by atoms with Crippen molar-refractivity contribution in [3.63, 3.8) is 0 Å². The summed E-state index contributed by atoms with van der Waals surface area (Å²) in [5.74, 6) is -0.200. The van der Waals surface area contributed by atoms with E-state index in [0.29, 0.717) is 12.1 Å². The molecular formula is C17H18BrN3O2. The Labute approximate surface area is 143 Å². The fourth-order valence-electron chi connectivity index (χ4n) is 1.90.